The topological polar surface area (TPSA) is 57.4 Å². The zero-order chi connectivity index (χ0) is 15.6. The van der Waals surface area contributed by atoms with E-state index >= 15 is 0 Å². The zero-order valence-corrected chi connectivity index (χ0v) is 13.2. The van der Waals surface area contributed by atoms with Gasteiger partial charge in [-0.2, -0.15) is 0 Å². The Bertz CT molecular complexity index is 646. The molecule has 0 spiro atoms. The quantitative estimate of drug-likeness (QED) is 0.937. The number of benzene rings is 1. The van der Waals surface area contributed by atoms with Crippen LogP contribution in [-0.2, 0) is 5.54 Å². The minimum Gasteiger partial charge on any atom is -0.493 e. The van der Waals surface area contributed by atoms with Crippen LogP contribution in [0.15, 0.2) is 30.3 Å². The Morgan fingerprint density at radius 2 is 1.67 bits per heavy atom. The molecule has 0 aliphatic rings. The van der Waals surface area contributed by atoms with Crippen molar-refractivity contribution >= 4 is 0 Å². The van der Waals surface area contributed by atoms with Gasteiger partial charge in [0.1, 0.15) is 0 Å². The van der Waals surface area contributed by atoms with Gasteiger partial charge in [0.2, 0.25) is 0 Å². The van der Waals surface area contributed by atoms with E-state index in [0.717, 1.165) is 22.5 Å². The molecule has 1 aromatic carbocycles. The van der Waals surface area contributed by atoms with Crippen molar-refractivity contribution in [1.29, 1.82) is 0 Å². The molecule has 0 saturated heterocycles. The van der Waals surface area contributed by atoms with Gasteiger partial charge in [-0.25, -0.2) is 0 Å². The highest BCUT2D eigenvalue weighted by atomic mass is 16.5. The van der Waals surface area contributed by atoms with E-state index in [2.05, 4.69) is 4.98 Å². The first-order chi connectivity index (χ1) is 9.86. The molecule has 2 aromatic rings. The highest BCUT2D eigenvalue weighted by Gasteiger charge is 2.18. The maximum atomic E-state index is 6.15. The number of hydrogen-bond acceptors (Lipinski definition) is 4. The number of aryl methyl sites for hydroxylation is 1. The maximum Gasteiger partial charge on any atom is 0.161 e. The van der Waals surface area contributed by atoms with Gasteiger partial charge in [-0.05, 0) is 50.6 Å². The van der Waals surface area contributed by atoms with Gasteiger partial charge >= 0.3 is 0 Å². The van der Waals surface area contributed by atoms with Gasteiger partial charge < -0.3 is 15.2 Å². The number of nitrogens with zero attached hydrogens (tertiary/aromatic N) is 1. The fourth-order valence-electron chi connectivity index (χ4n) is 2.40. The summed E-state index contributed by atoms with van der Waals surface area (Å²) in [7, 11) is 3.25. The van der Waals surface area contributed by atoms with Crippen molar-refractivity contribution in [1.82, 2.24) is 4.98 Å². The van der Waals surface area contributed by atoms with Gasteiger partial charge in [-0.3, -0.25) is 4.98 Å². The number of ether oxygens (including phenoxy) is 2. The van der Waals surface area contributed by atoms with Gasteiger partial charge in [-0.15, -0.1) is 0 Å². The molecular weight excluding hydrogens is 264 g/mol. The molecule has 0 aliphatic heterocycles. The first kappa shape index (κ1) is 15.3. The van der Waals surface area contributed by atoms with Crippen LogP contribution >= 0.6 is 0 Å². The summed E-state index contributed by atoms with van der Waals surface area (Å²) in [5.74, 6) is 1.40. The fourth-order valence-corrected chi connectivity index (χ4v) is 2.40. The number of rotatable bonds is 4. The molecule has 0 bridgehead atoms. The van der Waals surface area contributed by atoms with Crippen LogP contribution in [0.5, 0.6) is 11.5 Å². The normalized spacial score (nSPS) is 11.3. The monoisotopic (exact) mass is 286 g/mol. The SMILES string of the molecule is COc1ccc(-c2ccc(C(C)(C)N)c(C)n2)cc1OC. The van der Waals surface area contributed by atoms with Crippen molar-refractivity contribution in [2.45, 2.75) is 26.3 Å². The van der Waals surface area contributed by atoms with Crippen LogP contribution in [0.2, 0.25) is 0 Å². The Balaban J connectivity index is 2.46. The lowest BCUT2D eigenvalue weighted by molar-refractivity contribution is 0.355. The highest BCUT2D eigenvalue weighted by molar-refractivity contribution is 5.64. The second-order valence-corrected chi connectivity index (χ2v) is 5.62. The molecular formula is C17H22N2O2. The molecule has 0 atom stereocenters. The van der Waals surface area contributed by atoms with Crippen LogP contribution < -0.4 is 15.2 Å². The van der Waals surface area contributed by atoms with Crippen LogP contribution in [0.3, 0.4) is 0 Å². The zero-order valence-electron chi connectivity index (χ0n) is 13.2. The summed E-state index contributed by atoms with van der Waals surface area (Å²) in [4.78, 5) is 4.66. The molecule has 1 heterocycles. The lowest BCUT2D eigenvalue weighted by Gasteiger charge is -2.21. The second-order valence-electron chi connectivity index (χ2n) is 5.62. The minimum absolute atomic E-state index is 0.396. The highest BCUT2D eigenvalue weighted by Crippen LogP contribution is 2.32. The summed E-state index contributed by atoms with van der Waals surface area (Å²) in [5.41, 5.74) is 9.62. The largest absolute Gasteiger partial charge is 0.493 e. The second kappa shape index (κ2) is 5.74. The van der Waals surface area contributed by atoms with Crippen molar-refractivity contribution in [3.05, 3.63) is 41.6 Å². The lowest BCUT2D eigenvalue weighted by Crippen LogP contribution is -2.29. The Morgan fingerprint density at radius 1 is 1.00 bits per heavy atom. The molecule has 4 heteroatoms. The number of methoxy groups -OCH3 is 2. The van der Waals surface area contributed by atoms with Crippen molar-refractivity contribution in [2.75, 3.05) is 14.2 Å². The first-order valence-corrected chi connectivity index (χ1v) is 6.86. The smallest absolute Gasteiger partial charge is 0.161 e. The molecule has 4 nitrogen and oxygen atoms in total. The van der Waals surface area contributed by atoms with E-state index in [1.165, 1.54) is 0 Å². The summed E-state index contributed by atoms with van der Waals surface area (Å²) < 4.78 is 10.6. The van der Waals surface area contributed by atoms with Crippen molar-refractivity contribution < 1.29 is 9.47 Å². The van der Waals surface area contributed by atoms with E-state index in [-0.39, 0.29) is 0 Å². The van der Waals surface area contributed by atoms with Crippen LogP contribution in [0.25, 0.3) is 11.3 Å². The number of pyridine rings is 1. The molecule has 0 aliphatic carbocycles. The molecule has 0 fully saturated rings. The van der Waals surface area contributed by atoms with E-state index in [9.17, 15) is 0 Å². The summed E-state index contributed by atoms with van der Waals surface area (Å²) in [6, 6.07) is 9.79. The molecule has 0 unspecified atom stereocenters. The predicted molar refractivity (Wildman–Crippen MR) is 84.7 cm³/mol. The van der Waals surface area contributed by atoms with Crippen LogP contribution in [-0.4, -0.2) is 19.2 Å². The molecule has 112 valence electrons. The van der Waals surface area contributed by atoms with E-state index in [4.69, 9.17) is 15.2 Å². The van der Waals surface area contributed by atoms with E-state index in [1.807, 2.05) is 51.1 Å². The third kappa shape index (κ3) is 3.16. The summed E-state index contributed by atoms with van der Waals surface area (Å²) >= 11 is 0. The van der Waals surface area contributed by atoms with Crippen molar-refractivity contribution in [3.8, 4) is 22.8 Å². The van der Waals surface area contributed by atoms with E-state index in [0.29, 0.717) is 11.5 Å². The Kier molecular flexibility index (Phi) is 4.19. The molecule has 2 N–H and O–H groups in total. The van der Waals surface area contributed by atoms with Gasteiger partial charge in [0.25, 0.3) is 0 Å². The van der Waals surface area contributed by atoms with Gasteiger partial charge in [0.05, 0.1) is 19.9 Å². The summed E-state index contributed by atoms with van der Waals surface area (Å²) in [5, 5.41) is 0. The Labute approximate surface area is 125 Å². The number of aromatic nitrogens is 1. The molecule has 21 heavy (non-hydrogen) atoms. The number of nitrogens with two attached hydrogens (primary N) is 1. The first-order valence-electron chi connectivity index (χ1n) is 6.86. The van der Waals surface area contributed by atoms with E-state index < -0.39 is 5.54 Å². The lowest BCUT2D eigenvalue weighted by atomic mass is 9.93. The average molecular weight is 286 g/mol. The molecule has 2 rings (SSSR count). The third-order valence-corrected chi connectivity index (χ3v) is 3.46. The third-order valence-electron chi connectivity index (χ3n) is 3.46. The Morgan fingerprint density at radius 3 is 2.19 bits per heavy atom. The Hall–Kier alpha value is -2.07. The summed E-state index contributed by atoms with van der Waals surface area (Å²) in [6.07, 6.45) is 0. The fraction of sp³-hybridized carbons (Fsp3) is 0.353. The molecule has 0 saturated carbocycles. The van der Waals surface area contributed by atoms with Crippen molar-refractivity contribution in [2.24, 2.45) is 5.73 Å². The van der Waals surface area contributed by atoms with Crippen molar-refractivity contribution in [3.63, 3.8) is 0 Å². The molecule has 1 aromatic heterocycles. The van der Waals surface area contributed by atoms with E-state index in [1.54, 1.807) is 14.2 Å². The van der Waals surface area contributed by atoms with Crippen LogP contribution in [0.4, 0.5) is 0 Å². The predicted octanol–water partition coefficient (Wildman–Crippen LogP) is 3.27. The maximum absolute atomic E-state index is 6.15. The van der Waals surface area contributed by atoms with Crippen LogP contribution in [0.1, 0.15) is 25.1 Å². The number of hydrogen-bond donors (Lipinski definition) is 1. The average Bonchev–Trinajstić information content (AvgIpc) is 2.45. The summed E-state index contributed by atoms with van der Waals surface area (Å²) in [6.45, 7) is 5.94. The van der Waals surface area contributed by atoms with Gasteiger partial charge in [0.15, 0.2) is 11.5 Å². The van der Waals surface area contributed by atoms with Gasteiger partial charge in [-0.1, -0.05) is 6.07 Å². The standard InChI is InChI=1S/C17H22N2O2/c1-11-13(17(2,3)18)7-8-14(19-11)12-6-9-15(20-4)16(10-12)21-5/h6-10H,18H2,1-5H3. The molecule has 0 radical (unpaired) electrons. The van der Waals surface area contributed by atoms with Crippen LogP contribution in [0, 0.1) is 6.92 Å². The molecule has 0 amide bonds. The van der Waals surface area contributed by atoms with Gasteiger partial charge in [0, 0.05) is 16.8 Å². The minimum atomic E-state index is -0.396.